The molecule has 2 aliphatic rings. The molecule has 0 radical (unpaired) electrons. The van der Waals surface area contributed by atoms with E-state index < -0.39 is 0 Å². The van der Waals surface area contributed by atoms with Crippen molar-refractivity contribution in [2.24, 2.45) is 4.99 Å². The maximum atomic E-state index is 11.8. The van der Waals surface area contributed by atoms with E-state index in [0.717, 1.165) is 31.3 Å². The van der Waals surface area contributed by atoms with Crippen LogP contribution in [-0.4, -0.2) is 73.5 Å². The first-order valence-corrected chi connectivity index (χ1v) is 10.0. The average Bonchev–Trinajstić information content (AvgIpc) is 3.14. The number of hydrogen-bond donors (Lipinski definition) is 2. The fourth-order valence-corrected chi connectivity index (χ4v) is 3.63. The van der Waals surface area contributed by atoms with E-state index in [1.165, 1.54) is 38.8 Å². The summed E-state index contributed by atoms with van der Waals surface area (Å²) in [7, 11) is 3.54. The number of nitrogens with zero attached hydrogens (tertiary/aromatic N) is 3. The maximum Gasteiger partial charge on any atom is 0.243 e. The third-order valence-corrected chi connectivity index (χ3v) is 5.58. The Kier molecular flexibility index (Phi) is 10.8. The third kappa shape index (κ3) is 7.58. The van der Waals surface area contributed by atoms with Crippen molar-refractivity contribution in [1.29, 1.82) is 0 Å². The minimum absolute atomic E-state index is 0. The van der Waals surface area contributed by atoms with E-state index in [9.17, 15) is 4.79 Å². The molecule has 0 bridgehead atoms. The number of likely N-dealkylation sites (tertiary alicyclic amines) is 1. The number of carbonyl (C=O) groups is 1. The summed E-state index contributed by atoms with van der Waals surface area (Å²) in [6.07, 6.45) is 8.90. The summed E-state index contributed by atoms with van der Waals surface area (Å²) >= 11 is 0. The molecule has 6 nitrogen and oxygen atoms in total. The van der Waals surface area contributed by atoms with E-state index in [1.54, 1.807) is 19.0 Å². The number of amides is 1. The summed E-state index contributed by atoms with van der Waals surface area (Å²) in [5, 5.41) is 7.00. The molecule has 1 heterocycles. The first-order chi connectivity index (χ1) is 12.0. The van der Waals surface area contributed by atoms with Gasteiger partial charge in [0.15, 0.2) is 5.96 Å². The van der Waals surface area contributed by atoms with Gasteiger partial charge in [-0.2, -0.15) is 0 Å². The zero-order valence-electron chi connectivity index (χ0n) is 17.0. The van der Waals surface area contributed by atoms with Crippen LogP contribution in [0.15, 0.2) is 4.99 Å². The van der Waals surface area contributed by atoms with Crippen molar-refractivity contribution in [2.45, 2.75) is 76.9 Å². The van der Waals surface area contributed by atoms with Gasteiger partial charge in [0.1, 0.15) is 6.54 Å². The second-order valence-electron chi connectivity index (χ2n) is 7.80. The topological polar surface area (TPSA) is 60.0 Å². The molecule has 2 N–H and O–H groups in total. The van der Waals surface area contributed by atoms with Crippen LogP contribution in [0.2, 0.25) is 0 Å². The molecule has 0 spiro atoms. The van der Waals surface area contributed by atoms with Crippen LogP contribution < -0.4 is 10.6 Å². The summed E-state index contributed by atoms with van der Waals surface area (Å²) < 4.78 is 0. The Bertz CT molecular complexity index is 443. The quantitative estimate of drug-likeness (QED) is 0.349. The Labute approximate surface area is 176 Å². The molecule has 152 valence electrons. The van der Waals surface area contributed by atoms with Gasteiger partial charge >= 0.3 is 0 Å². The molecule has 1 aliphatic carbocycles. The zero-order valence-corrected chi connectivity index (χ0v) is 19.3. The van der Waals surface area contributed by atoms with Crippen molar-refractivity contribution in [3.63, 3.8) is 0 Å². The summed E-state index contributed by atoms with van der Waals surface area (Å²) in [4.78, 5) is 20.6. The van der Waals surface area contributed by atoms with Gasteiger partial charge in [0.05, 0.1) is 0 Å². The van der Waals surface area contributed by atoms with Crippen molar-refractivity contribution in [2.75, 3.05) is 33.7 Å². The summed E-state index contributed by atoms with van der Waals surface area (Å²) in [6.45, 7) is 6.85. The monoisotopic (exact) mass is 479 g/mol. The largest absolute Gasteiger partial charge is 0.354 e. The average molecular weight is 479 g/mol. The molecular weight excluding hydrogens is 441 g/mol. The van der Waals surface area contributed by atoms with E-state index in [2.05, 4.69) is 34.4 Å². The minimum atomic E-state index is 0. The first-order valence-electron chi connectivity index (χ1n) is 10.0. The normalized spacial score (nSPS) is 21.2. The number of halogens is 1. The lowest BCUT2D eigenvalue weighted by Crippen LogP contribution is -2.51. The summed E-state index contributed by atoms with van der Waals surface area (Å²) in [6, 6.07) is 1.62. The number of guanidine groups is 1. The van der Waals surface area contributed by atoms with Gasteiger partial charge in [-0.3, -0.25) is 4.79 Å². The third-order valence-electron chi connectivity index (χ3n) is 5.58. The van der Waals surface area contributed by atoms with E-state index in [-0.39, 0.29) is 36.4 Å². The van der Waals surface area contributed by atoms with Crippen LogP contribution in [0.5, 0.6) is 0 Å². The van der Waals surface area contributed by atoms with Gasteiger partial charge in [0, 0.05) is 45.3 Å². The highest BCUT2D eigenvalue weighted by molar-refractivity contribution is 14.0. The van der Waals surface area contributed by atoms with Crippen molar-refractivity contribution in [3.8, 4) is 0 Å². The molecule has 1 saturated carbocycles. The second kappa shape index (κ2) is 12.0. The van der Waals surface area contributed by atoms with Gasteiger partial charge in [-0.1, -0.05) is 19.8 Å². The minimum Gasteiger partial charge on any atom is -0.354 e. The van der Waals surface area contributed by atoms with Crippen molar-refractivity contribution >= 4 is 35.8 Å². The molecule has 1 amide bonds. The number of hydrogen-bond acceptors (Lipinski definition) is 3. The molecule has 2 fully saturated rings. The van der Waals surface area contributed by atoms with E-state index >= 15 is 0 Å². The Morgan fingerprint density at radius 1 is 1.19 bits per heavy atom. The Balaban J connectivity index is 0.00000338. The van der Waals surface area contributed by atoms with E-state index in [0.29, 0.717) is 12.1 Å². The van der Waals surface area contributed by atoms with Crippen LogP contribution in [0.1, 0.15) is 58.8 Å². The van der Waals surface area contributed by atoms with Crippen LogP contribution >= 0.6 is 24.0 Å². The molecule has 1 unspecified atom stereocenters. The van der Waals surface area contributed by atoms with Crippen LogP contribution in [0.3, 0.4) is 0 Å². The van der Waals surface area contributed by atoms with E-state index in [1.807, 2.05) is 0 Å². The van der Waals surface area contributed by atoms with Crippen LogP contribution in [0.25, 0.3) is 0 Å². The Morgan fingerprint density at radius 3 is 2.35 bits per heavy atom. The van der Waals surface area contributed by atoms with Crippen molar-refractivity contribution in [1.82, 2.24) is 20.4 Å². The molecular formula is C19H38IN5O. The van der Waals surface area contributed by atoms with Gasteiger partial charge in [0.25, 0.3) is 0 Å². The smallest absolute Gasteiger partial charge is 0.243 e. The number of nitrogens with one attached hydrogen (secondary N) is 2. The molecule has 0 aromatic rings. The summed E-state index contributed by atoms with van der Waals surface area (Å²) in [5.41, 5.74) is 0. The van der Waals surface area contributed by atoms with Gasteiger partial charge in [0.2, 0.25) is 5.91 Å². The molecule has 0 aromatic carbocycles. The van der Waals surface area contributed by atoms with E-state index in [4.69, 9.17) is 0 Å². The van der Waals surface area contributed by atoms with Crippen LogP contribution in [0.4, 0.5) is 0 Å². The Morgan fingerprint density at radius 2 is 1.81 bits per heavy atom. The predicted molar refractivity (Wildman–Crippen MR) is 119 cm³/mol. The molecule has 0 aromatic heterocycles. The highest BCUT2D eigenvalue weighted by atomic mass is 127. The highest BCUT2D eigenvalue weighted by Gasteiger charge is 2.27. The SMILES string of the molecule is CCC(C)NC(=NCC(=O)N(C)C)NC1CCN(C2CCCC2)CC1.I. The number of piperidine rings is 1. The first kappa shape index (κ1) is 23.5. The fraction of sp³-hybridized carbons (Fsp3) is 0.895. The summed E-state index contributed by atoms with van der Waals surface area (Å²) in [5.74, 6) is 0.810. The predicted octanol–water partition coefficient (Wildman–Crippen LogP) is 2.43. The lowest BCUT2D eigenvalue weighted by atomic mass is 10.0. The van der Waals surface area contributed by atoms with Crippen molar-refractivity contribution in [3.05, 3.63) is 0 Å². The zero-order chi connectivity index (χ0) is 18.2. The molecule has 7 heteroatoms. The molecule has 2 rings (SSSR count). The Hall–Kier alpha value is -0.570. The van der Waals surface area contributed by atoms with Crippen LogP contribution in [-0.2, 0) is 4.79 Å². The standard InChI is InChI=1S/C19H37N5O.HI/c1-5-15(2)21-19(20-14-18(25)23(3)4)22-16-10-12-24(13-11-16)17-8-6-7-9-17;/h15-17H,5-14H2,1-4H3,(H2,20,21,22);1H. The molecule has 1 aliphatic heterocycles. The molecule has 1 saturated heterocycles. The highest BCUT2D eigenvalue weighted by Crippen LogP contribution is 2.26. The lowest BCUT2D eigenvalue weighted by molar-refractivity contribution is -0.127. The number of carbonyl (C=O) groups excluding carboxylic acids is 1. The van der Waals surface area contributed by atoms with Gasteiger partial charge in [-0.25, -0.2) is 4.99 Å². The number of likely N-dealkylation sites (N-methyl/N-ethyl adjacent to an activating group) is 1. The number of rotatable bonds is 6. The maximum absolute atomic E-state index is 11.8. The van der Waals surface area contributed by atoms with Gasteiger partial charge < -0.3 is 20.4 Å². The fourth-order valence-electron chi connectivity index (χ4n) is 3.63. The lowest BCUT2D eigenvalue weighted by Gasteiger charge is -2.37. The van der Waals surface area contributed by atoms with Crippen LogP contribution in [0, 0.1) is 0 Å². The van der Waals surface area contributed by atoms with Gasteiger partial charge in [-0.15, -0.1) is 24.0 Å². The number of aliphatic imine (C=N–C) groups is 1. The van der Waals surface area contributed by atoms with Crippen molar-refractivity contribution < 1.29 is 4.79 Å². The second-order valence-corrected chi connectivity index (χ2v) is 7.80. The molecule has 26 heavy (non-hydrogen) atoms. The molecule has 1 atom stereocenters. The van der Waals surface area contributed by atoms with Gasteiger partial charge in [-0.05, 0) is 39.0 Å².